The number of benzene rings is 2. The number of nitrogens with one attached hydrogen (secondary N) is 1. The van der Waals surface area contributed by atoms with Crippen molar-refractivity contribution in [3.8, 4) is 5.75 Å². The second-order valence-corrected chi connectivity index (χ2v) is 10.1. The number of methoxy groups -OCH3 is 1. The van der Waals surface area contributed by atoms with E-state index in [0.717, 1.165) is 22.5 Å². The van der Waals surface area contributed by atoms with E-state index in [4.69, 9.17) is 16.3 Å². The molecule has 0 fully saturated rings. The van der Waals surface area contributed by atoms with Crippen LogP contribution >= 0.6 is 11.6 Å². The van der Waals surface area contributed by atoms with E-state index in [0.29, 0.717) is 18.7 Å². The van der Waals surface area contributed by atoms with Crippen LogP contribution < -0.4 is 14.4 Å². The third-order valence-corrected chi connectivity index (χ3v) is 6.67. The number of hydrogen-bond donors (Lipinski definition) is 1. The van der Waals surface area contributed by atoms with Gasteiger partial charge in [0.15, 0.2) is 0 Å². The molecular formula is C24H32ClN3O5S. The molecule has 0 saturated carbocycles. The van der Waals surface area contributed by atoms with Crippen LogP contribution in [0.25, 0.3) is 0 Å². The Labute approximate surface area is 206 Å². The largest absolute Gasteiger partial charge is 0.497 e. The van der Waals surface area contributed by atoms with E-state index in [-0.39, 0.29) is 23.2 Å². The van der Waals surface area contributed by atoms with E-state index < -0.39 is 28.5 Å². The zero-order valence-electron chi connectivity index (χ0n) is 20.0. The van der Waals surface area contributed by atoms with Gasteiger partial charge in [-0.15, -0.1) is 0 Å². The molecule has 0 spiro atoms. The van der Waals surface area contributed by atoms with Gasteiger partial charge >= 0.3 is 0 Å². The Hall–Kier alpha value is -2.78. The number of para-hydroxylation sites is 1. The van der Waals surface area contributed by atoms with Gasteiger partial charge in [0.2, 0.25) is 21.8 Å². The maximum Gasteiger partial charge on any atom is 0.244 e. The van der Waals surface area contributed by atoms with E-state index in [1.54, 1.807) is 43.5 Å². The Balaban J connectivity index is 2.45. The summed E-state index contributed by atoms with van der Waals surface area (Å²) in [6.07, 6.45) is 2.12. The maximum absolute atomic E-state index is 13.6. The number of ether oxygens (including phenoxy) is 1. The molecule has 0 radical (unpaired) electrons. The van der Waals surface area contributed by atoms with E-state index in [9.17, 15) is 18.0 Å². The van der Waals surface area contributed by atoms with Gasteiger partial charge < -0.3 is 15.0 Å². The molecule has 2 aromatic carbocycles. The van der Waals surface area contributed by atoms with Crippen LogP contribution in [0.15, 0.2) is 48.5 Å². The zero-order chi connectivity index (χ0) is 25.3. The number of rotatable bonds is 12. The minimum Gasteiger partial charge on any atom is -0.497 e. The summed E-state index contributed by atoms with van der Waals surface area (Å²) in [6, 6.07) is 12.8. The molecular weight excluding hydrogens is 478 g/mol. The molecule has 0 aliphatic heterocycles. The standard InChI is InChI=1S/C24H32ClN3O5S/c1-5-14-26-24(30)21(6-2)27(16-18-10-9-11-19(15-18)33-3)23(29)17-28(34(4,31)32)22-13-8-7-12-20(22)25/h7-13,15,21H,5-6,14,16-17H2,1-4H3,(H,26,30)/t21-/m1/s1. The van der Waals surface area contributed by atoms with Crippen molar-refractivity contribution in [1.29, 1.82) is 0 Å². The molecule has 0 unspecified atom stereocenters. The highest BCUT2D eigenvalue weighted by molar-refractivity contribution is 7.92. The van der Waals surface area contributed by atoms with Crippen LogP contribution in [0.1, 0.15) is 32.3 Å². The molecule has 0 saturated heterocycles. The average Bonchev–Trinajstić information content (AvgIpc) is 2.80. The fourth-order valence-corrected chi connectivity index (χ4v) is 4.65. The number of carbonyl (C=O) groups excluding carboxylic acids is 2. The van der Waals surface area contributed by atoms with Crippen LogP contribution in [0.3, 0.4) is 0 Å². The van der Waals surface area contributed by atoms with Crippen molar-refractivity contribution in [3.63, 3.8) is 0 Å². The minimum absolute atomic E-state index is 0.105. The first-order valence-electron chi connectivity index (χ1n) is 11.0. The van der Waals surface area contributed by atoms with Crippen LogP contribution in [-0.4, -0.2) is 57.6 Å². The first-order valence-corrected chi connectivity index (χ1v) is 13.3. The molecule has 0 heterocycles. The summed E-state index contributed by atoms with van der Waals surface area (Å²) in [6.45, 7) is 3.84. The summed E-state index contributed by atoms with van der Waals surface area (Å²) in [5.41, 5.74) is 0.947. The Morgan fingerprint density at radius 3 is 2.41 bits per heavy atom. The van der Waals surface area contributed by atoms with E-state index in [1.807, 2.05) is 19.9 Å². The number of amides is 2. The highest BCUT2D eigenvalue weighted by Gasteiger charge is 2.32. The van der Waals surface area contributed by atoms with E-state index in [2.05, 4.69) is 5.32 Å². The van der Waals surface area contributed by atoms with Crippen LogP contribution in [0.5, 0.6) is 5.75 Å². The van der Waals surface area contributed by atoms with Gasteiger partial charge in [-0.25, -0.2) is 8.42 Å². The van der Waals surface area contributed by atoms with Crippen LogP contribution in [0.4, 0.5) is 5.69 Å². The first kappa shape index (κ1) is 27.5. The first-order chi connectivity index (χ1) is 16.1. The maximum atomic E-state index is 13.6. The lowest BCUT2D eigenvalue weighted by Gasteiger charge is -2.33. The van der Waals surface area contributed by atoms with Gasteiger partial charge in [-0.05, 0) is 42.7 Å². The number of sulfonamides is 1. The van der Waals surface area contributed by atoms with Crippen LogP contribution in [0.2, 0.25) is 5.02 Å². The Morgan fingerprint density at radius 1 is 1.12 bits per heavy atom. The van der Waals surface area contributed by atoms with Crippen LogP contribution in [0, 0.1) is 0 Å². The topological polar surface area (TPSA) is 96.0 Å². The monoisotopic (exact) mass is 509 g/mol. The Bertz CT molecular complexity index is 1090. The predicted molar refractivity (Wildman–Crippen MR) is 135 cm³/mol. The van der Waals surface area contributed by atoms with Gasteiger partial charge in [-0.1, -0.05) is 49.7 Å². The molecule has 1 atom stereocenters. The molecule has 186 valence electrons. The summed E-state index contributed by atoms with van der Waals surface area (Å²) in [7, 11) is -2.29. The van der Waals surface area contributed by atoms with Crippen molar-refractivity contribution in [3.05, 3.63) is 59.1 Å². The number of anilines is 1. The number of carbonyl (C=O) groups is 2. The predicted octanol–water partition coefficient (Wildman–Crippen LogP) is 3.45. The van der Waals surface area contributed by atoms with Gasteiger partial charge in [0.05, 0.1) is 24.1 Å². The molecule has 1 N–H and O–H groups in total. The summed E-state index contributed by atoms with van der Waals surface area (Å²) >= 11 is 6.24. The van der Waals surface area contributed by atoms with Gasteiger partial charge in [0.1, 0.15) is 18.3 Å². The summed E-state index contributed by atoms with van der Waals surface area (Å²) in [5, 5.41) is 3.04. The second-order valence-electron chi connectivity index (χ2n) is 7.81. The van der Waals surface area contributed by atoms with Gasteiger partial charge in [0, 0.05) is 13.1 Å². The highest BCUT2D eigenvalue weighted by Crippen LogP contribution is 2.27. The molecule has 0 bridgehead atoms. The summed E-state index contributed by atoms with van der Waals surface area (Å²) < 4.78 is 31.4. The SMILES string of the molecule is CCCNC(=O)[C@@H](CC)N(Cc1cccc(OC)c1)C(=O)CN(c1ccccc1Cl)S(C)(=O)=O. The highest BCUT2D eigenvalue weighted by atomic mass is 35.5. The average molecular weight is 510 g/mol. The number of nitrogens with zero attached hydrogens (tertiary/aromatic N) is 2. The van der Waals surface area contributed by atoms with Crippen LogP contribution in [-0.2, 0) is 26.2 Å². The smallest absolute Gasteiger partial charge is 0.244 e. The van der Waals surface area contributed by atoms with Crippen molar-refractivity contribution in [2.45, 2.75) is 39.3 Å². The van der Waals surface area contributed by atoms with E-state index >= 15 is 0 Å². The fourth-order valence-electron chi connectivity index (χ4n) is 3.50. The molecule has 8 nitrogen and oxygen atoms in total. The molecule has 2 rings (SSSR count). The van der Waals surface area contributed by atoms with Crippen molar-refractivity contribution in [2.75, 3.05) is 30.8 Å². The normalized spacial score (nSPS) is 12.0. The molecule has 34 heavy (non-hydrogen) atoms. The molecule has 0 aliphatic carbocycles. The van der Waals surface area contributed by atoms with Gasteiger partial charge in [-0.3, -0.25) is 13.9 Å². The lowest BCUT2D eigenvalue weighted by molar-refractivity contribution is -0.140. The minimum atomic E-state index is -3.84. The van der Waals surface area contributed by atoms with Crippen molar-refractivity contribution in [1.82, 2.24) is 10.2 Å². The Morgan fingerprint density at radius 2 is 1.82 bits per heavy atom. The third kappa shape index (κ3) is 7.36. The lowest BCUT2D eigenvalue weighted by Crippen LogP contribution is -2.52. The van der Waals surface area contributed by atoms with Crippen molar-refractivity contribution < 1.29 is 22.7 Å². The van der Waals surface area contributed by atoms with Crippen molar-refractivity contribution >= 4 is 39.1 Å². The number of halogens is 1. The van der Waals surface area contributed by atoms with E-state index in [1.165, 1.54) is 11.0 Å². The Kier molecular flexibility index (Phi) is 10.2. The zero-order valence-corrected chi connectivity index (χ0v) is 21.5. The quantitative estimate of drug-likeness (QED) is 0.472. The second kappa shape index (κ2) is 12.6. The molecule has 10 heteroatoms. The molecule has 0 aromatic heterocycles. The molecule has 0 aliphatic rings. The van der Waals surface area contributed by atoms with Crippen molar-refractivity contribution in [2.24, 2.45) is 0 Å². The number of hydrogen-bond acceptors (Lipinski definition) is 5. The lowest BCUT2D eigenvalue weighted by atomic mass is 10.1. The summed E-state index contributed by atoms with van der Waals surface area (Å²) in [5.74, 6) is -0.196. The molecule has 2 amide bonds. The fraction of sp³-hybridized carbons (Fsp3) is 0.417. The third-order valence-electron chi connectivity index (χ3n) is 5.22. The van der Waals surface area contributed by atoms with Gasteiger partial charge in [-0.2, -0.15) is 0 Å². The summed E-state index contributed by atoms with van der Waals surface area (Å²) in [4.78, 5) is 27.9. The molecule has 2 aromatic rings. The van der Waals surface area contributed by atoms with Gasteiger partial charge in [0.25, 0.3) is 0 Å².